The summed E-state index contributed by atoms with van der Waals surface area (Å²) < 4.78 is 8.24. The summed E-state index contributed by atoms with van der Waals surface area (Å²) in [5.41, 5.74) is 4.00. The molecule has 0 unspecified atom stereocenters. The number of nitrogens with one attached hydrogen (secondary N) is 1. The molecule has 3 aromatic rings. The van der Waals surface area contributed by atoms with Crippen molar-refractivity contribution >= 4 is 28.0 Å². The average Bonchev–Trinajstić information content (AvgIpc) is 2.69. The van der Waals surface area contributed by atoms with Gasteiger partial charge in [0.15, 0.2) is 11.3 Å². The third kappa shape index (κ3) is 4.54. The lowest BCUT2D eigenvalue weighted by Crippen LogP contribution is -2.34. The van der Waals surface area contributed by atoms with Crippen molar-refractivity contribution in [3.63, 3.8) is 0 Å². The number of nitrogens with zero attached hydrogens (tertiary/aromatic N) is 2. The summed E-state index contributed by atoms with van der Waals surface area (Å²) in [6, 6.07) is 14.2. The number of amides is 1. The molecule has 0 atom stereocenters. The molecule has 5 nitrogen and oxygen atoms in total. The van der Waals surface area contributed by atoms with E-state index < -0.39 is 0 Å². The number of benzene rings is 2. The van der Waals surface area contributed by atoms with Crippen LogP contribution in [0, 0.1) is 0 Å². The monoisotopic (exact) mass is 366 g/mol. The minimum Gasteiger partial charge on any atom is -0.491 e. The van der Waals surface area contributed by atoms with Crippen molar-refractivity contribution in [2.75, 3.05) is 13.2 Å². The molecule has 0 saturated carbocycles. The molecular formula is C22H28N3O2+. The van der Waals surface area contributed by atoms with Gasteiger partial charge in [-0.3, -0.25) is 4.79 Å². The Morgan fingerprint density at radius 1 is 1.07 bits per heavy atom. The van der Waals surface area contributed by atoms with Gasteiger partial charge in [0, 0.05) is 25.1 Å². The van der Waals surface area contributed by atoms with Gasteiger partial charge in [0.25, 0.3) is 0 Å². The van der Waals surface area contributed by atoms with Crippen molar-refractivity contribution < 1.29 is 14.1 Å². The second-order valence-corrected chi connectivity index (χ2v) is 6.62. The zero-order valence-corrected chi connectivity index (χ0v) is 16.2. The van der Waals surface area contributed by atoms with Crippen LogP contribution in [0.5, 0.6) is 5.75 Å². The molecule has 0 aliphatic carbocycles. The number of aromatic nitrogens is 2. The predicted octanol–water partition coefficient (Wildman–Crippen LogP) is 3.77. The average molecular weight is 366 g/mol. The Morgan fingerprint density at radius 3 is 2.70 bits per heavy atom. The summed E-state index contributed by atoms with van der Waals surface area (Å²) in [5.74, 6) is 0.866. The first kappa shape index (κ1) is 19.1. The normalized spacial score (nSPS) is 11.0. The Morgan fingerprint density at radius 2 is 1.89 bits per heavy atom. The third-order valence-corrected chi connectivity index (χ3v) is 4.65. The fourth-order valence-electron chi connectivity index (χ4n) is 3.24. The Hall–Kier alpha value is -2.69. The van der Waals surface area contributed by atoms with E-state index in [2.05, 4.69) is 35.9 Å². The molecule has 142 valence electrons. The topological polar surface area (TPSA) is 55.1 Å². The van der Waals surface area contributed by atoms with E-state index in [9.17, 15) is 4.79 Å². The Labute approximate surface area is 160 Å². The Balaban J connectivity index is 1.72. The van der Waals surface area contributed by atoms with Gasteiger partial charge < -0.3 is 10.1 Å². The van der Waals surface area contributed by atoms with E-state index in [-0.39, 0.29) is 5.91 Å². The number of hydrogen-bond acceptors (Lipinski definition) is 3. The van der Waals surface area contributed by atoms with Crippen molar-refractivity contribution in [2.24, 2.45) is 0 Å². The highest BCUT2D eigenvalue weighted by atomic mass is 16.5. The number of rotatable bonds is 9. The molecule has 3 rings (SSSR count). The lowest BCUT2D eigenvalue weighted by atomic mass is 10.2. The number of hydrogen-bond donors (Lipinski definition) is 1. The number of fused-ring (bicyclic) bond motifs is 2. The van der Waals surface area contributed by atoms with E-state index in [4.69, 9.17) is 9.72 Å². The van der Waals surface area contributed by atoms with E-state index in [1.54, 1.807) is 0 Å². The zero-order valence-electron chi connectivity index (χ0n) is 16.2. The second-order valence-electron chi connectivity index (χ2n) is 6.62. The zero-order chi connectivity index (χ0) is 19.1. The lowest BCUT2D eigenvalue weighted by Gasteiger charge is -2.10. The summed E-state index contributed by atoms with van der Waals surface area (Å²) >= 11 is 0. The number of ether oxygens (including phenoxy) is 1. The maximum absolute atomic E-state index is 11.8. The van der Waals surface area contributed by atoms with Gasteiger partial charge in [-0.2, -0.15) is 4.57 Å². The van der Waals surface area contributed by atoms with Crippen LogP contribution in [0.4, 0.5) is 0 Å². The van der Waals surface area contributed by atoms with Crippen molar-refractivity contribution in [3.8, 4) is 5.75 Å². The van der Waals surface area contributed by atoms with E-state index in [0.717, 1.165) is 53.7 Å². The maximum Gasteiger partial charge on any atom is 0.235 e. The number of para-hydroxylation sites is 3. The molecule has 1 N–H and O–H groups in total. The number of aryl methyl sites for hydroxylation is 1. The van der Waals surface area contributed by atoms with Gasteiger partial charge >= 0.3 is 0 Å². The third-order valence-electron chi connectivity index (χ3n) is 4.65. The predicted molar refractivity (Wildman–Crippen MR) is 108 cm³/mol. The second kappa shape index (κ2) is 9.31. The molecule has 1 amide bonds. The van der Waals surface area contributed by atoms with Crippen LogP contribution in [0.1, 0.15) is 39.5 Å². The van der Waals surface area contributed by atoms with Crippen molar-refractivity contribution in [3.05, 3.63) is 42.5 Å². The first-order valence-electron chi connectivity index (χ1n) is 9.85. The van der Waals surface area contributed by atoms with Gasteiger partial charge in [0.1, 0.15) is 12.1 Å². The fourth-order valence-corrected chi connectivity index (χ4v) is 3.24. The Bertz CT molecular complexity index is 924. The first-order valence-corrected chi connectivity index (χ1v) is 9.85. The largest absolute Gasteiger partial charge is 0.491 e. The van der Waals surface area contributed by atoms with Crippen LogP contribution in [0.2, 0.25) is 0 Å². The van der Waals surface area contributed by atoms with Gasteiger partial charge in [-0.1, -0.05) is 31.5 Å². The summed E-state index contributed by atoms with van der Waals surface area (Å²) in [7, 11) is 0. The molecule has 0 saturated heterocycles. The smallest absolute Gasteiger partial charge is 0.235 e. The van der Waals surface area contributed by atoms with Gasteiger partial charge in [0.2, 0.25) is 16.9 Å². The van der Waals surface area contributed by atoms with Crippen LogP contribution >= 0.6 is 0 Å². The molecule has 1 aromatic heterocycles. The highest BCUT2D eigenvalue weighted by Crippen LogP contribution is 2.24. The summed E-state index contributed by atoms with van der Waals surface area (Å²) in [6.07, 6.45) is 3.29. The minimum atomic E-state index is 0.0953. The van der Waals surface area contributed by atoms with Crippen LogP contribution < -0.4 is 14.6 Å². The van der Waals surface area contributed by atoms with E-state index in [1.165, 1.54) is 0 Å². The maximum atomic E-state index is 11.8. The molecule has 0 fully saturated rings. The molecule has 27 heavy (non-hydrogen) atoms. The van der Waals surface area contributed by atoms with Crippen LogP contribution in [0.3, 0.4) is 0 Å². The molecule has 5 heteroatoms. The molecule has 0 aliphatic rings. The minimum absolute atomic E-state index is 0.0953. The highest BCUT2D eigenvalue weighted by molar-refractivity contribution is 5.85. The Kier molecular flexibility index (Phi) is 6.58. The number of carbonyl (C=O) groups is 1. The molecule has 2 aromatic carbocycles. The van der Waals surface area contributed by atoms with Crippen molar-refractivity contribution in [1.82, 2.24) is 10.3 Å². The van der Waals surface area contributed by atoms with Gasteiger partial charge in [-0.05, 0) is 31.9 Å². The quantitative estimate of drug-likeness (QED) is 0.356. The number of carbonyl (C=O) groups excluding carboxylic acids is 1. The van der Waals surface area contributed by atoms with Crippen molar-refractivity contribution in [2.45, 2.75) is 46.1 Å². The van der Waals surface area contributed by atoms with Gasteiger partial charge in [-0.15, -0.1) is 0 Å². The lowest BCUT2D eigenvalue weighted by molar-refractivity contribution is -0.641. The molecule has 0 radical (unpaired) electrons. The number of unbranched alkanes of at least 4 members (excludes halogenated alkanes) is 1. The first-order chi connectivity index (χ1) is 13.2. The summed E-state index contributed by atoms with van der Waals surface area (Å²) in [4.78, 5) is 16.6. The standard InChI is InChI=1S/C22H27N3O2/c1-3-5-15-23-21(26)14-9-16-27-20-13-8-12-19-22(20)24-17-10-6-7-11-18(17)25(19)4-2/h6-8,10-13H,3-5,9,14-16H2,1-2H3/p+1. The summed E-state index contributed by atoms with van der Waals surface area (Å²) in [6.45, 7) is 6.37. The molecule has 0 aliphatic heterocycles. The van der Waals surface area contributed by atoms with Crippen LogP contribution in [0.15, 0.2) is 42.5 Å². The van der Waals surface area contributed by atoms with Crippen LogP contribution in [-0.2, 0) is 11.3 Å². The van der Waals surface area contributed by atoms with Gasteiger partial charge in [0.05, 0.1) is 6.61 Å². The van der Waals surface area contributed by atoms with E-state index in [1.807, 2.05) is 30.3 Å². The summed E-state index contributed by atoms with van der Waals surface area (Å²) in [5, 5.41) is 2.94. The van der Waals surface area contributed by atoms with Crippen LogP contribution in [0.25, 0.3) is 22.1 Å². The molecular weight excluding hydrogens is 338 g/mol. The van der Waals surface area contributed by atoms with Crippen LogP contribution in [-0.4, -0.2) is 24.0 Å². The van der Waals surface area contributed by atoms with Gasteiger partial charge in [-0.25, -0.2) is 4.98 Å². The van der Waals surface area contributed by atoms with E-state index in [0.29, 0.717) is 19.4 Å². The molecule has 0 bridgehead atoms. The van der Waals surface area contributed by atoms with Crippen molar-refractivity contribution in [1.29, 1.82) is 0 Å². The highest BCUT2D eigenvalue weighted by Gasteiger charge is 2.17. The molecule has 0 spiro atoms. The SMILES string of the molecule is CCCCNC(=O)CCCOc1cccc2c1nc1ccccc1[n+]2CC. The van der Waals surface area contributed by atoms with E-state index >= 15 is 0 Å². The molecule has 1 heterocycles. The fraction of sp³-hybridized carbons (Fsp3) is 0.409.